The number of rotatable bonds is 5. The molecule has 9 heteroatoms. The summed E-state index contributed by atoms with van der Waals surface area (Å²) in [6.45, 7) is 0. The first-order valence-corrected chi connectivity index (χ1v) is 8.67. The second-order valence-corrected chi connectivity index (χ2v) is 6.52. The topological polar surface area (TPSA) is 81.8 Å². The van der Waals surface area contributed by atoms with E-state index in [0.29, 0.717) is 16.7 Å². The van der Waals surface area contributed by atoms with Crippen molar-refractivity contribution in [2.45, 2.75) is 5.16 Å². The molecule has 2 heterocycles. The van der Waals surface area contributed by atoms with Gasteiger partial charge in [-0.05, 0) is 24.3 Å². The Kier molecular flexibility index (Phi) is 5.17. The van der Waals surface area contributed by atoms with E-state index in [-0.39, 0.29) is 17.2 Å². The lowest BCUT2D eigenvalue weighted by Gasteiger charge is -2.06. The summed E-state index contributed by atoms with van der Waals surface area (Å²) in [5.41, 5.74) is 1.04. The van der Waals surface area contributed by atoms with Gasteiger partial charge in [0.05, 0.1) is 5.75 Å². The minimum absolute atomic E-state index is 0.107. The molecule has 0 saturated heterocycles. The van der Waals surface area contributed by atoms with Crippen molar-refractivity contribution in [1.82, 2.24) is 19.3 Å². The quantitative estimate of drug-likeness (QED) is 0.692. The van der Waals surface area contributed by atoms with Crippen LogP contribution < -0.4 is 10.9 Å². The smallest absolute Gasteiger partial charge is 0.250 e. The first kappa shape index (κ1) is 17.9. The zero-order chi connectivity index (χ0) is 18.7. The number of nitrogens with one attached hydrogen (secondary N) is 1. The Labute approximate surface area is 152 Å². The summed E-state index contributed by atoms with van der Waals surface area (Å²) in [6.07, 6.45) is 1.68. The Morgan fingerprint density at radius 1 is 1.23 bits per heavy atom. The van der Waals surface area contributed by atoms with Gasteiger partial charge in [-0.3, -0.25) is 9.59 Å². The molecule has 0 radical (unpaired) electrons. The summed E-state index contributed by atoms with van der Waals surface area (Å²) in [5.74, 6) is 0.0158. The van der Waals surface area contributed by atoms with E-state index in [0.717, 1.165) is 5.56 Å². The molecule has 0 bridgehead atoms. The van der Waals surface area contributed by atoms with Crippen molar-refractivity contribution in [2.75, 3.05) is 11.1 Å². The lowest BCUT2D eigenvalue weighted by Crippen LogP contribution is -2.15. The van der Waals surface area contributed by atoms with Crippen LogP contribution in [0.4, 0.5) is 10.1 Å². The van der Waals surface area contributed by atoms with E-state index in [2.05, 4.69) is 15.5 Å². The number of halogens is 1. The van der Waals surface area contributed by atoms with E-state index < -0.39 is 5.82 Å². The molecular weight excluding hydrogens is 357 g/mol. The highest BCUT2D eigenvalue weighted by Gasteiger charge is 2.13. The van der Waals surface area contributed by atoms with Crippen LogP contribution in [0.2, 0.25) is 0 Å². The molecule has 134 valence electrons. The molecular formula is C17H16FN5O2S. The van der Waals surface area contributed by atoms with Crippen LogP contribution in [0.15, 0.2) is 52.5 Å². The third kappa shape index (κ3) is 3.99. The number of amides is 1. The Balaban J connectivity index is 1.67. The molecule has 0 spiro atoms. The van der Waals surface area contributed by atoms with Gasteiger partial charge >= 0.3 is 0 Å². The first-order chi connectivity index (χ1) is 12.4. The van der Waals surface area contributed by atoms with Crippen molar-refractivity contribution >= 4 is 23.4 Å². The van der Waals surface area contributed by atoms with Crippen molar-refractivity contribution in [3.63, 3.8) is 0 Å². The molecule has 1 aromatic carbocycles. The minimum atomic E-state index is -0.411. The van der Waals surface area contributed by atoms with E-state index in [9.17, 15) is 14.0 Å². The number of hydrogen-bond donors (Lipinski definition) is 1. The molecule has 0 aliphatic heterocycles. The van der Waals surface area contributed by atoms with Gasteiger partial charge in [0.1, 0.15) is 5.82 Å². The van der Waals surface area contributed by atoms with Gasteiger partial charge < -0.3 is 14.5 Å². The number of benzene rings is 1. The first-order valence-electron chi connectivity index (χ1n) is 7.68. The zero-order valence-corrected chi connectivity index (χ0v) is 15.0. The molecule has 3 rings (SSSR count). The lowest BCUT2D eigenvalue weighted by molar-refractivity contribution is -0.113. The second kappa shape index (κ2) is 7.52. The molecule has 0 saturated carbocycles. The molecule has 0 aliphatic carbocycles. The average molecular weight is 373 g/mol. The maximum absolute atomic E-state index is 13.1. The highest BCUT2D eigenvalue weighted by atomic mass is 32.2. The molecule has 0 fully saturated rings. The van der Waals surface area contributed by atoms with Crippen LogP contribution in [0.1, 0.15) is 0 Å². The molecule has 1 amide bonds. The van der Waals surface area contributed by atoms with Crippen molar-refractivity contribution in [2.24, 2.45) is 14.1 Å². The Morgan fingerprint density at radius 2 is 2.04 bits per heavy atom. The predicted octanol–water partition coefficient (Wildman–Crippen LogP) is 2.05. The highest BCUT2D eigenvalue weighted by Crippen LogP contribution is 2.22. The van der Waals surface area contributed by atoms with Crippen molar-refractivity contribution in [3.05, 3.63) is 58.8 Å². The number of carbonyl (C=O) groups excluding carboxylic acids is 1. The minimum Gasteiger partial charge on any atom is -0.325 e. The number of hydrogen-bond acceptors (Lipinski definition) is 5. The van der Waals surface area contributed by atoms with E-state index in [1.165, 1.54) is 40.6 Å². The number of nitrogens with zero attached hydrogens (tertiary/aromatic N) is 4. The number of thioether (sulfide) groups is 1. The van der Waals surface area contributed by atoms with Crippen LogP contribution in [-0.2, 0) is 18.9 Å². The Hall–Kier alpha value is -2.94. The summed E-state index contributed by atoms with van der Waals surface area (Å²) in [5, 5.41) is 11.4. The summed E-state index contributed by atoms with van der Waals surface area (Å²) in [6, 6.07) is 8.85. The van der Waals surface area contributed by atoms with Crippen molar-refractivity contribution < 1.29 is 9.18 Å². The second-order valence-electron chi connectivity index (χ2n) is 5.58. The van der Waals surface area contributed by atoms with Gasteiger partial charge in [-0.2, -0.15) is 0 Å². The van der Waals surface area contributed by atoms with Gasteiger partial charge in [-0.15, -0.1) is 10.2 Å². The van der Waals surface area contributed by atoms with Gasteiger partial charge in [-0.25, -0.2) is 4.39 Å². The van der Waals surface area contributed by atoms with Gasteiger partial charge in [0, 0.05) is 37.6 Å². The highest BCUT2D eigenvalue weighted by molar-refractivity contribution is 7.99. The van der Waals surface area contributed by atoms with Crippen LogP contribution in [0.25, 0.3) is 11.4 Å². The van der Waals surface area contributed by atoms with Gasteiger partial charge in [0.2, 0.25) is 11.5 Å². The van der Waals surface area contributed by atoms with Crippen LogP contribution in [-0.4, -0.2) is 31.0 Å². The molecule has 26 heavy (non-hydrogen) atoms. The largest absolute Gasteiger partial charge is 0.325 e. The molecule has 0 unspecified atom stereocenters. The standard InChI is InChI=1S/C17H16FN5O2S/c1-22-9-11(6-7-15(22)25)16-20-21-17(23(16)2)26-10-14(24)19-13-5-3-4-12(18)8-13/h3-9H,10H2,1-2H3,(H,19,24). The molecule has 0 aliphatic rings. The van der Waals surface area contributed by atoms with Crippen LogP contribution in [0.3, 0.4) is 0 Å². The van der Waals surface area contributed by atoms with Crippen LogP contribution in [0.5, 0.6) is 0 Å². The van der Waals surface area contributed by atoms with E-state index >= 15 is 0 Å². The number of aryl methyl sites for hydroxylation is 1. The lowest BCUT2D eigenvalue weighted by atomic mass is 10.2. The van der Waals surface area contributed by atoms with Crippen molar-refractivity contribution in [1.29, 1.82) is 0 Å². The molecule has 1 N–H and O–H groups in total. The van der Waals surface area contributed by atoms with Crippen molar-refractivity contribution in [3.8, 4) is 11.4 Å². The van der Waals surface area contributed by atoms with Gasteiger partial charge in [-0.1, -0.05) is 17.8 Å². The maximum Gasteiger partial charge on any atom is 0.250 e. The summed E-state index contributed by atoms with van der Waals surface area (Å²) < 4.78 is 16.4. The molecule has 3 aromatic rings. The summed E-state index contributed by atoms with van der Waals surface area (Å²) in [4.78, 5) is 23.5. The molecule has 2 aromatic heterocycles. The number of aromatic nitrogens is 4. The van der Waals surface area contributed by atoms with Crippen LogP contribution >= 0.6 is 11.8 Å². The summed E-state index contributed by atoms with van der Waals surface area (Å²) >= 11 is 1.22. The molecule has 7 nitrogen and oxygen atoms in total. The zero-order valence-electron chi connectivity index (χ0n) is 14.1. The Morgan fingerprint density at radius 3 is 2.77 bits per heavy atom. The fraction of sp³-hybridized carbons (Fsp3) is 0.176. The monoisotopic (exact) mass is 373 g/mol. The normalized spacial score (nSPS) is 10.7. The number of pyridine rings is 1. The Bertz CT molecular complexity index is 1010. The fourth-order valence-corrected chi connectivity index (χ4v) is 3.02. The molecule has 0 atom stereocenters. The van der Waals surface area contributed by atoms with Gasteiger partial charge in [0.25, 0.3) is 0 Å². The predicted molar refractivity (Wildman–Crippen MR) is 97.4 cm³/mol. The SMILES string of the molecule is Cn1c(SCC(=O)Nc2cccc(F)c2)nnc1-c1ccc(=O)n(C)c1. The third-order valence-corrected chi connectivity index (χ3v) is 4.64. The van der Waals surface area contributed by atoms with E-state index in [4.69, 9.17) is 0 Å². The number of carbonyl (C=O) groups is 1. The van der Waals surface area contributed by atoms with E-state index in [1.54, 1.807) is 37.0 Å². The number of anilines is 1. The van der Waals surface area contributed by atoms with Gasteiger partial charge in [0.15, 0.2) is 11.0 Å². The fourth-order valence-electron chi connectivity index (χ4n) is 2.31. The van der Waals surface area contributed by atoms with Crippen LogP contribution in [0, 0.1) is 5.82 Å². The maximum atomic E-state index is 13.1. The average Bonchev–Trinajstić information content (AvgIpc) is 2.96. The van der Waals surface area contributed by atoms with E-state index in [1.807, 2.05) is 0 Å². The third-order valence-electron chi connectivity index (χ3n) is 3.62. The summed E-state index contributed by atoms with van der Waals surface area (Å²) in [7, 11) is 3.45.